The van der Waals surface area contributed by atoms with Crippen LogP contribution in [0, 0.1) is 0 Å². The van der Waals surface area contributed by atoms with Gasteiger partial charge in [-0.2, -0.15) is 0 Å². The molecule has 0 radical (unpaired) electrons. The molecule has 1 heterocycles. The van der Waals surface area contributed by atoms with Crippen molar-refractivity contribution in [3.8, 4) is 0 Å². The van der Waals surface area contributed by atoms with Crippen LogP contribution in [0.15, 0.2) is 59.1 Å². The molecule has 1 aliphatic rings. The lowest BCUT2D eigenvalue weighted by molar-refractivity contribution is -0.120. The van der Waals surface area contributed by atoms with Gasteiger partial charge in [0.25, 0.3) is 0 Å². The van der Waals surface area contributed by atoms with Crippen LogP contribution in [0.1, 0.15) is 12.0 Å². The van der Waals surface area contributed by atoms with E-state index < -0.39 is 0 Å². The molecule has 126 valence electrons. The van der Waals surface area contributed by atoms with Crippen molar-refractivity contribution in [3.63, 3.8) is 0 Å². The number of nitrogens with zero attached hydrogens (tertiary/aromatic N) is 1. The molecule has 2 aromatic rings. The molecule has 4 nitrogen and oxygen atoms in total. The Balaban J connectivity index is 1.40. The summed E-state index contributed by atoms with van der Waals surface area (Å²) in [4.78, 5) is 14.5. The Morgan fingerprint density at radius 1 is 1.12 bits per heavy atom. The molecule has 1 fully saturated rings. The lowest BCUT2D eigenvalue weighted by Gasteiger charge is -2.17. The molecule has 0 aromatic heterocycles. The summed E-state index contributed by atoms with van der Waals surface area (Å²) in [5, 5.41) is 6.27. The Kier molecular flexibility index (Phi) is 5.88. The molecule has 1 amide bonds. The summed E-state index contributed by atoms with van der Waals surface area (Å²) in [6, 6.07) is 18.5. The van der Waals surface area contributed by atoms with Crippen molar-refractivity contribution in [1.29, 1.82) is 0 Å². The third kappa shape index (κ3) is 5.08. The van der Waals surface area contributed by atoms with Crippen LogP contribution in [-0.2, 0) is 11.3 Å². The quantitative estimate of drug-likeness (QED) is 0.799. The first-order valence-electron chi connectivity index (χ1n) is 8.24. The zero-order valence-corrected chi connectivity index (χ0v) is 15.1. The monoisotopic (exact) mass is 387 g/mol. The molecule has 2 N–H and O–H groups in total. The highest BCUT2D eigenvalue weighted by molar-refractivity contribution is 9.10. The number of anilines is 1. The Hall–Kier alpha value is -1.85. The van der Waals surface area contributed by atoms with Crippen LogP contribution in [0.2, 0.25) is 0 Å². The fraction of sp³-hybridized carbons (Fsp3) is 0.316. The Morgan fingerprint density at radius 3 is 2.62 bits per heavy atom. The molecule has 1 atom stereocenters. The summed E-state index contributed by atoms with van der Waals surface area (Å²) in [7, 11) is 0. The Morgan fingerprint density at radius 2 is 1.88 bits per heavy atom. The van der Waals surface area contributed by atoms with Gasteiger partial charge in [-0.15, -0.1) is 0 Å². The van der Waals surface area contributed by atoms with Gasteiger partial charge in [-0.1, -0.05) is 46.3 Å². The van der Waals surface area contributed by atoms with Crippen molar-refractivity contribution in [3.05, 3.63) is 64.6 Å². The minimum Gasteiger partial charge on any atom is -0.376 e. The van der Waals surface area contributed by atoms with Crippen molar-refractivity contribution >= 4 is 27.5 Å². The highest BCUT2D eigenvalue weighted by Crippen LogP contribution is 2.15. The van der Waals surface area contributed by atoms with E-state index in [4.69, 9.17) is 0 Å². The van der Waals surface area contributed by atoms with Gasteiger partial charge in [0, 0.05) is 35.8 Å². The van der Waals surface area contributed by atoms with Gasteiger partial charge in [-0.05, 0) is 36.2 Å². The van der Waals surface area contributed by atoms with Crippen molar-refractivity contribution in [1.82, 2.24) is 10.2 Å². The number of likely N-dealkylation sites (tertiary alicyclic amines) is 1. The van der Waals surface area contributed by atoms with E-state index in [1.165, 1.54) is 5.56 Å². The number of hydrogen-bond acceptors (Lipinski definition) is 3. The number of carbonyl (C=O) groups excluding carboxylic acids is 1. The van der Waals surface area contributed by atoms with Gasteiger partial charge < -0.3 is 10.6 Å². The summed E-state index contributed by atoms with van der Waals surface area (Å²) in [5.74, 6) is 0.0458. The second kappa shape index (κ2) is 8.31. The number of hydrogen-bond donors (Lipinski definition) is 2. The van der Waals surface area contributed by atoms with Crippen molar-refractivity contribution in [2.75, 3.05) is 25.0 Å². The average molecular weight is 388 g/mol. The van der Waals surface area contributed by atoms with E-state index in [1.807, 2.05) is 30.3 Å². The second-order valence-corrected chi connectivity index (χ2v) is 7.05. The fourth-order valence-electron chi connectivity index (χ4n) is 2.96. The molecule has 1 saturated heterocycles. The van der Waals surface area contributed by atoms with Gasteiger partial charge in [0.1, 0.15) is 0 Å². The highest BCUT2D eigenvalue weighted by atomic mass is 79.9. The van der Waals surface area contributed by atoms with Gasteiger partial charge in [-0.25, -0.2) is 0 Å². The number of halogens is 1. The summed E-state index contributed by atoms with van der Waals surface area (Å²) < 4.78 is 1.03. The molecule has 0 bridgehead atoms. The zero-order valence-electron chi connectivity index (χ0n) is 13.5. The largest absolute Gasteiger partial charge is 0.376 e. The molecule has 0 saturated carbocycles. The van der Waals surface area contributed by atoms with Gasteiger partial charge in [0.2, 0.25) is 5.91 Å². The molecule has 0 unspecified atom stereocenters. The van der Waals surface area contributed by atoms with Crippen LogP contribution in [0.4, 0.5) is 5.69 Å². The third-order valence-corrected chi connectivity index (χ3v) is 4.71. The normalized spacial score (nSPS) is 17.6. The van der Waals surface area contributed by atoms with E-state index in [1.54, 1.807) is 0 Å². The fourth-order valence-corrected chi connectivity index (χ4v) is 3.23. The minimum atomic E-state index is 0.0458. The predicted molar refractivity (Wildman–Crippen MR) is 101 cm³/mol. The average Bonchev–Trinajstić information content (AvgIpc) is 3.02. The molecule has 3 rings (SSSR count). The topological polar surface area (TPSA) is 44.4 Å². The molecule has 2 aromatic carbocycles. The van der Waals surface area contributed by atoms with Crippen LogP contribution in [0.25, 0.3) is 0 Å². The number of nitrogens with one attached hydrogen (secondary N) is 2. The maximum absolute atomic E-state index is 12.1. The maximum atomic E-state index is 12.1. The van der Waals surface area contributed by atoms with Gasteiger partial charge in [0.15, 0.2) is 0 Å². The van der Waals surface area contributed by atoms with E-state index in [-0.39, 0.29) is 11.9 Å². The molecule has 1 aliphatic heterocycles. The van der Waals surface area contributed by atoms with Crippen LogP contribution < -0.4 is 10.6 Å². The molecular weight excluding hydrogens is 366 g/mol. The van der Waals surface area contributed by atoms with Crippen LogP contribution in [0.3, 0.4) is 0 Å². The van der Waals surface area contributed by atoms with Crippen LogP contribution in [0.5, 0.6) is 0 Å². The Labute approximate surface area is 151 Å². The van der Waals surface area contributed by atoms with Gasteiger partial charge >= 0.3 is 0 Å². The van der Waals surface area contributed by atoms with E-state index in [0.29, 0.717) is 6.54 Å². The third-order valence-electron chi connectivity index (χ3n) is 4.18. The van der Waals surface area contributed by atoms with Gasteiger partial charge in [-0.3, -0.25) is 9.69 Å². The van der Waals surface area contributed by atoms with E-state index >= 15 is 0 Å². The summed E-state index contributed by atoms with van der Waals surface area (Å²) in [6.07, 6.45) is 1.01. The van der Waals surface area contributed by atoms with Crippen LogP contribution in [-0.4, -0.2) is 36.5 Å². The summed E-state index contributed by atoms with van der Waals surface area (Å²) in [5.41, 5.74) is 2.27. The highest BCUT2D eigenvalue weighted by Gasteiger charge is 2.23. The first kappa shape index (κ1) is 17.0. The lowest BCUT2D eigenvalue weighted by Crippen LogP contribution is -2.40. The van der Waals surface area contributed by atoms with Crippen LogP contribution >= 0.6 is 15.9 Å². The van der Waals surface area contributed by atoms with E-state index in [2.05, 4.69) is 55.7 Å². The molecule has 0 aliphatic carbocycles. The maximum Gasteiger partial charge on any atom is 0.239 e. The first-order valence-corrected chi connectivity index (χ1v) is 9.03. The predicted octanol–water partition coefficient (Wildman–Crippen LogP) is 3.25. The summed E-state index contributed by atoms with van der Waals surface area (Å²) in [6.45, 7) is 3.19. The van der Waals surface area contributed by atoms with Crippen molar-refractivity contribution in [2.45, 2.75) is 19.0 Å². The van der Waals surface area contributed by atoms with Gasteiger partial charge in [0.05, 0.1) is 6.54 Å². The zero-order chi connectivity index (χ0) is 16.8. The number of rotatable bonds is 6. The van der Waals surface area contributed by atoms with Crippen molar-refractivity contribution in [2.24, 2.45) is 0 Å². The SMILES string of the molecule is O=C(CNc1ccc(Br)cc1)N[C@H]1CCN(Cc2ccccc2)C1. The number of amides is 1. The first-order chi connectivity index (χ1) is 11.7. The second-order valence-electron chi connectivity index (χ2n) is 6.13. The minimum absolute atomic E-state index is 0.0458. The molecule has 24 heavy (non-hydrogen) atoms. The number of benzene rings is 2. The molecular formula is C19H22BrN3O. The lowest BCUT2D eigenvalue weighted by atomic mass is 10.2. The number of carbonyl (C=O) groups is 1. The molecule has 5 heteroatoms. The van der Waals surface area contributed by atoms with E-state index in [0.717, 1.165) is 36.2 Å². The van der Waals surface area contributed by atoms with Crippen molar-refractivity contribution < 1.29 is 4.79 Å². The Bertz CT molecular complexity index is 660. The molecule has 0 spiro atoms. The summed E-state index contributed by atoms with van der Waals surface area (Å²) >= 11 is 3.40. The smallest absolute Gasteiger partial charge is 0.239 e. The standard InChI is InChI=1S/C19H22BrN3O/c20-16-6-8-17(9-7-16)21-12-19(24)22-18-10-11-23(14-18)13-15-4-2-1-3-5-15/h1-9,18,21H,10-14H2,(H,22,24)/t18-/m0/s1. The van der Waals surface area contributed by atoms with E-state index in [9.17, 15) is 4.79 Å².